The maximum Gasteiger partial charge on any atom is 0.407 e. The van der Waals surface area contributed by atoms with E-state index in [1.807, 2.05) is 20.8 Å². The van der Waals surface area contributed by atoms with E-state index in [4.69, 9.17) is 23.7 Å². The van der Waals surface area contributed by atoms with Crippen LogP contribution < -0.4 is 5.32 Å². The van der Waals surface area contributed by atoms with Gasteiger partial charge < -0.3 is 29.0 Å². The minimum Gasteiger partial charge on any atom is -0.460 e. The quantitative estimate of drug-likeness (QED) is 0.0691. The third-order valence-corrected chi connectivity index (χ3v) is 9.75. The number of nitrogens with one attached hydrogen (secondary N) is 1. The number of Topliss-reactive ketones (excluding diaryl/α,β-unsaturated/α-hetero) is 1. The average molecular weight is 622 g/mol. The van der Waals surface area contributed by atoms with Gasteiger partial charge in [-0.05, 0) is 65.2 Å². The van der Waals surface area contributed by atoms with E-state index in [1.54, 1.807) is 7.11 Å². The van der Waals surface area contributed by atoms with Crippen molar-refractivity contribution in [2.24, 2.45) is 17.8 Å². The molecule has 0 aromatic heterocycles. The SMILES string of the molecule is CCCC(=O)CCCCCCCNC(=O)OC[C@H](CC(=O)OC1CC[C@]2(CO2)C(C2(C)O[C@@H]2CC=C(C)C)C1OC)C(C)C. The third kappa shape index (κ3) is 10.5. The van der Waals surface area contributed by atoms with Crippen molar-refractivity contribution in [1.82, 2.24) is 5.32 Å². The number of rotatable bonds is 20. The second-order valence-corrected chi connectivity index (χ2v) is 13.9. The molecule has 1 aliphatic carbocycles. The number of amides is 1. The van der Waals surface area contributed by atoms with Crippen LogP contribution in [0.1, 0.15) is 119 Å². The first-order valence-corrected chi connectivity index (χ1v) is 17.1. The highest BCUT2D eigenvalue weighted by atomic mass is 16.6. The van der Waals surface area contributed by atoms with Crippen LogP contribution in [0.3, 0.4) is 0 Å². The van der Waals surface area contributed by atoms with E-state index in [0.29, 0.717) is 38.2 Å². The number of carbonyl (C=O) groups is 3. The fourth-order valence-corrected chi connectivity index (χ4v) is 6.79. The summed E-state index contributed by atoms with van der Waals surface area (Å²) in [7, 11) is 1.68. The Morgan fingerprint density at radius 3 is 2.41 bits per heavy atom. The number of unbranched alkanes of at least 4 members (excludes halogenated alkanes) is 4. The fraction of sp³-hybridized carbons (Fsp3) is 0.857. The van der Waals surface area contributed by atoms with Crippen LogP contribution in [0.4, 0.5) is 4.79 Å². The van der Waals surface area contributed by atoms with Crippen LogP contribution in [0.5, 0.6) is 0 Å². The predicted octanol–water partition coefficient (Wildman–Crippen LogP) is 6.70. The highest BCUT2D eigenvalue weighted by Crippen LogP contribution is 2.59. The number of hydrogen-bond acceptors (Lipinski definition) is 8. The number of alkyl carbamates (subject to hydrolysis) is 1. The summed E-state index contributed by atoms with van der Waals surface area (Å²) in [6.45, 7) is 13.8. The molecule has 0 aromatic carbocycles. The lowest BCUT2D eigenvalue weighted by Gasteiger charge is -2.42. The van der Waals surface area contributed by atoms with Gasteiger partial charge in [0, 0.05) is 32.4 Å². The number of ketones is 1. The van der Waals surface area contributed by atoms with Gasteiger partial charge in [0.05, 0.1) is 31.7 Å². The van der Waals surface area contributed by atoms with E-state index in [0.717, 1.165) is 51.4 Å². The van der Waals surface area contributed by atoms with Gasteiger partial charge in [-0.15, -0.1) is 0 Å². The Hall–Kier alpha value is -1.97. The van der Waals surface area contributed by atoms with Crippen molar-refractivity contribution < 1.29 is 38.1 Å². The van der Waals surface area contributed by atoms with Gasteiger partial charge in [-0.25, -0.2) is 4.79 Å². The number of ether oxygens (including phenoxy) is 5. The van der Waals surface area contributed by atoms with Crippen molar-refractivity contribution in [1.29, 1.82) is 0 Å². The summed E-state index contributed by atoms with van der Waals surface area (Å²) in [5, 5.41) is 2.82. The van der Waals surface area contributed by atoms with E-state index < -0.39 is 6.09 Å². The zero-order valence-electron chi connectivity index (χ0n) is 28.4. The summed E-state index contributed by atoms with van der Waals surface area (Å²) in [6, 6.07) is 0. The molecule has 9 nitrogen and oxygen atoms in total. The Morgan fingerprint density at radius 1 is 1.07 bits per heavy atom. The molecule has 0 bridgehead atoms. The normalized spacial score (nSPS) is 29.6. The zero-order chi connectivity index (χ0) is 32.3. The maximum atomic E-state index is 13.2. The summed E-state index contributed by atoms with van der Waals surface area (Å²) in [4.78, 5) is 37.1. The molecular weight excluding hydrogens is 562 g/mol. The maximum absolute atomic E-state index is 13.2. The molecule has 7 atom stereocenters. The van der Waals surface area contributed by atoms with Crippen LogP contribution in [-0.4, -0.2) is 74.2 Å². The Balaban J connectivity index is 1.40. The van der Waals surface area contributed by atoms with Gasteiger partial charge in [0.15, 0.2) is 0 Å². The molecule has 0 aromatic rings. The Kier molecular flexibility index (Phi) is 14.2. The molecule has 1 N–H and O–H groups in total. The monoisotopic (exact) mass is 621 g/mol. The third-order valence-electron chi connectivity index (χ3n) is 9.75. The average Bonchev–Trinajstić information content (AvgIpc) is 3.88. The molecule has 2 saturated heterocycles. The Labute approximate surface area is 265 Å². The van der Waals surface area contributed by atoms with Crippen LogP contribution in [0.2, 0.25) is 0 Å². The zero-order valence-corrected chi connectivity index (χ0v) is 28.4. The van der Waals surface area contributed by atoms with Gasteiger partial charge in [-0.1, -0.05) is 51.7 Å². The van der Waals surface area contributed by atoms with Crippen molar-refractivity contribution in [2.45, 2.75) is 148 Å². The van der Waals surface area contributed by atoms with Gasteiger partial charge in [0.25, 0.3) is 0 Å². The molecule has 44 heavy (non-hydrogen) atoms. The number of carbonyl (C=O) groups excluding carboxylic acids is 3. The lowest BCUT2D eigenvalue weighted by Crippen LogP contribution is -2.55. The second-order valence-electron chi connectivity index (χ2n) is 13.9. The Morgan fingerprint density at radius 2 is 1.77 bits per heavy atom. The van der Waals surface area contributed by atoms with E-state index in [2.05, 4.69) is 32.2 Å². The van der Waals surface area contributed by atoms with Gasteiger partial charge in [0.1, 0.15) is 29.2 Å². The minimum absolute atomic E-state index is 0.0231. The molecule has 3 rings (SSSR count). The second kappa shape index (κ2) is 17.1. The topological polar surface area (TPSA) is 116 Å². The van der Waals surface area contributed by atoms with Crippen LogP contribution >= 0.6 is 0 Å². The van der Waals surface area contributed by atoms with Gasteiger partial charge in [-0.2, -0.15) is 0 Å². The van der Waals surface area contributed by atoms with Crippen LogP contribution in [0, 0.1) is 17.8 Å². The number of allylic oxidation sites excluding steroid dienone is 1. The van der Waals surface area contributed by atoms with Crippen molar-refractivity contribution in [2.75, 3.05) is 26.9 Å². The van der Waals surface area contributed by atoms with Crippen LogP contribution in [0.15, 0.2) is 11.6 Å². The van der Waals surface area contributed by atoms with E-state index >= 15 is 0 Å². The molecular formula is C35H59NO8. The summed E-state index contributed by atoms with van der Waals surface area (Å²) in [5.74, 6) is 0.0142. The molecule has 1 spiro atoms. The molecule has 0 radical (unpaired) electrons. The van der Waals surface area contributed by atoms with E-state index in [-0.39, 0.29) is 66.3 Å². The summed E-state index contributed by atoms with van der Waals surface area (Å²) in [5.41, 5.74) is 0.610. The van der Waals surface area contributed by atoms with Crippen molar-refractivity contribution in [3.63, 3.8) is 0 Å². The fourth-order valence-electron chi connectivity index (χ4n) is 6.79. The van der Waals surface area contributed by atoms with Gasteiger partial charge in [-0.3, -0.25) is 9.59 Å². The number of hydrogen-bond donors (Lipinski definition) is 1. The smallest absolute Gasteiger partial charge is 0.407 e. The molecule has 2 aliphatic heterocycles. The molecule has 3 fully saturated rings. The lowest BCUT2D eigenvalue weighted by molar-refractivity contribution is -0.173. The molecule has 9 heteroatoms. The van der Waals surface area contributed by atoms with Crippen molar-refractivity contribution in [3.8, 4) is 0 Å². The molecule has 4 unspecified atom stereocenters. The van der Waals surface area contributed by atoms with Crippen molar-refractivity contribution >= 4 is 17.8 Å². The summed E-state index contributed by atoms with van der Waals surface area (Å²) >= 11 is 0. The first-order valence-electron chi connectivity index (χ1n) is 17.1. The first-order chi connectivity index (χ1) is 21.0. The van der Waals surface area contributed by atoms with Gasteiger partial charge in [0.2, 0.25) is 0 Å². The van der Waals surface area contributed by atoms with Crippen LogP contribution in [-0.2, 0) is 33.3 Å². The predicted molar refractivity (Wildman–Crippen MR) is 169 cm³/mol. The highest BCUT2D eigenvalue weighted by Gasteiger charge is 2.72. The summed E-state index contributed by atoms with van der Waals surface area (Å²) < 4.78 is 29.9. The molecule has 2 heterocycles. The van der Waals surface area contributed by atoms with Crippen LogP contribution in [0.25, 0.3) is 0 Å². The van der Waals surface area contributed by atoms with Crippen molar-refractivity contribution in [3.05, 3.63) is 11.6 Å². The molecule has 1 amide bonds. The number of epoxide rings is 2. The van der Waals surface area contributed by atoms with Gasteiger partial charge >= 0.3 is 12.1 Å². The number of esters is 1. The molecule has 252 valence electrons. The Bertz CT molecular complexity index is 972. The highest BCUT2D eigenvalue weighted by molar-refractivity contribution is 5.78. The minimum atomic E-state index is -0.459. The molecule has 3 aliphatic rings. The summed E-state index contributed by atoms with van der Waals surface area (Å²) in [6.07, 6.45) is 10.8. The standard InChI is InChI=1S/C35H59NO8/c1-8-14-27(37)15-12-10-9-11-13-20-36-33(39)41-22-26(25(4)5)21-30(38)43-28-18-19-35(23-42-35)32(31(28)40-7)34(6)29(44-34)17-16-24(2)3/h16,25-26,28-29,31-32H,8-15,17-23H2,1-7H3,(H,36,39)/t26-,28?,29+,31?,32?,34?,35-/m0/s1. The number of methoxy groups -OCH3 is 1. The lowest BCUT2D eigenvalue weighted by atomic mass is 9.68. The first kappa shape index (κ1) is 36.5. The molecule has 1 saturated carbocycles. The van der Waals surface area contributed by atoms with E-state index in [1.165, 1.54) is 5.57 Å². The van der Waals surface area contributed by atoms with E-state index in [9.17, 15) is 14.4 Å². The largest absolute Gasteiger partial charge is 0.460 e.